The van der Waals surface area contributed by atoms with Crippen LogP contribution in [0, 0.1) is 11.2 Å². The van der Waals surface area contributed by atoms with Gasteiger partial charge in [0.15, 0.2) is 0 Å². The number of likely N-dealkylation sites (tertiary alicyclic amines) is 1. The summed E-state index contributed by atoms with van der Waals surface area (Å²) in [5.74, 6) is -0.999. The molecule has 3 aliphatic rings. The van der Waals surface area contributed by atoms with Gasteiger partial charge in [-0.3, -0.25) is 4.79 Å². The molecule has 0 unspecified atom stereocenters. The van der Waals surface area contributed by atoms with Crippen LogP contribution in [0.15, 0.2) is 30.5 Å². The number of fused-ring (bicyclic) bond motifs is 3. The Morgan fingerprint density at radius 3 is 2.50 bits per heavy atom. The van der Waals surface area contributed by atoms with Crippen molar-refractivity contribution in [2.45, 2.75) is 57.2 Å². The Labute approximate surface area is 217 Å². The van der Waals surface area contributed by atoms with E-state index in [4.69, 9.17) is 4.74 Å². The van der Waals surface area contributed by atoms with Gasteiger partial charge in [-0.05, 0) is 86.1 Å². The van der Waals surface area contributed by atoms with Crippen molar-refractivity contribution in [3.8, 4) is 5.75 Å². The van der Waals surface area contributed by atoms with E-state index < -0.39 is 6.36 Å². The number of benzene rings is 1. The first kappa shape index (κ1) is 25.2. The van der Waals surface area contributed by atoms with Crippen LogP contribution in [0.1, 0.15) is 65.2 Å². The Balaban J connectivity index is 1.20. The summed E-state index contributed by atoms with van der Waals surface area (Å²) in [6.07, 6.45) is 2.64. The molecule has 6 nitrogen and oxygen atoms in total. The number of hydrogen-bond donors (Lipinski definition) is 1. The molecule has 6 rings (SSSR count). The topological polar surface area (TPSA) is 67.5 Å². The Morgan fingerprint density at radius 1 is 1.11 bits per heavy atom. The molecular formula is C28H29F4N3O3. The van der Waals surface area contributed by atoms with E-state index in [1.54, 1.807) is 4.90 Å². The SMILES string of the molecule is O=C(c1ccc(OC(F)(F)F)cc1)N1CCC(c2c(F)cnc3[nH]c4c(c23)CC2(CCOCC2)CC4)CC1. The fraction of sp³-hybridized carbons (Fsp3) is 0.500. The number of alkyl halides is 3. The van der Waals surface area contributed by atoms with Crippen LogP contribution < -0.4 is 4.74 Å². The lowest BCUT2D eigenvalue weighted by Crippen LogP contribution is -2.38. The van der Waals surface area contributed by atoms with E-state index in [-0.39, 0.29) is 34.4 Å². The molecule has 0 radical (unpaired) electrons. The van der Waals surface area contributed by atoms with E-state index in [2.05, 4.69) is 14.7 Å². The van der Waals surface area contributed by atoms with E-state index in [1.807, 2.05) is 0 Å². The molecule has 4 heterocycles. The Hall–Kier alpha value is -3.14. The van der Waals surface area contributed by atoms with E-state index in [1.165, 1.54) is 23.9 Å². The van der Waals surface area contributed by atoms with Gasteiger partial charge in [-0.1, -0.05) is 0 Å². The standard InChI is InChI=1S/C28H29F4N3O3/c29-21-16-33-25-24(20-15-27(8-5-22(20)34-25)9-13-37-14-10-27)23(21)17-6-11-35(12-7-17)26(36)18-1-3-19(4-2-18)38-28(30,31)32/h1-4,16-17H,5-15H2,(H,33,34). The van der Waals surface area contributed by atoms with Crippen molar-refractivity contribution in [3.63, 3.8) is 0 Å². The van der Waals surface area contributed by atoms with Crippen LogP contribution in [0.3, 0.4) is 0 Å². The highest BCUT2D eigenvalue weighted by molar-refractivity contribution is 5.94. The molecule has 1 amide bonds. The van der Waals surface area contributed by atoms with Crippen LogP contribution in [0.25, 0.3) is 11.0 Å². The third-order valence-corrected chi connectivity index (χ3v) is 8.54. The van der Waals surface area contributed by atoms with Crippen molar-refractivity contribution in [2.24, 2.45) is 5.41 Å². The lowest BCUT2D eigenvalue weighted by Gasteiger charge is -2.40. The number of nitrogens with one attached hydrogen (secondary N) is 1. The van der Waals surface area contributed by atoms with E-state index >= 15 is 4.39 Å². The lowest BCUT2D eigenvalue weighted by atomic mass is 9.68. The van der Waals surface area contributed by atoms with Gasteiger partial charge >= 0.3 is 6.36 Å². The first-order valence-corrected chi connectivity index (χ1v) is 13.1. The van der Waals surface area contributed by atoms with Gasteiger partial charge in [0.25, 0.3) is 5.91 Å². The third kappa shape index (κ3) is 4.74. The van der Waals surface area contributed by atoms with E-state index in [9.17, 15) is 18.0 Å². The van der Waals surface area contributed by atoms with Crippen molar-refractivity contribution < 1.29 is 31.8 Å². The molecule has 2 saturated heterocycles. The summed E-state index contributed by atoms with van der Waals surface area (Å²) in [6, 6.07) is 4.94. The minimum absolute atomic E-state index is 0.0559. The molecule has 10 heteroatoms. The van der Waals surface area contributed by atoms with Gasteiger partial charge in [0.1, 0.15) is 17.2 Å². The van der Waals surface area contributed by atoms with Crippen LogP contribution in [0.5, 0.6) is 5.75 Å². The number of carbonyl (C=O) groups is 1. The molecule has 3 aromatic rings. The zero-order valence-electron chi connectivity index (χ0n) is 20.9. The molecule has 0 bridgehead atoms. The van der Waals surface area contributed by atoms with Gasteiger partial charge < -0.3 is 19.4 Å². The summed E-state index contributed by atoms with van der Waals surface area (Å²) in [6.45, 7) is 2.40. The van der Waals surface area contributed by atoms with Crippen LogP contribution in [0.2, 0.25) is 0 Å². The van der Waals surface area contributed by atoms with Gasteiger partial charge in [0.2, 0.25) is 0 Å². The fourth-order valence-corrected chi connectivity index (χ4v) is 6.52. The average Bonchev–Trinajstić information content (AvgIpc) is 3.26. The summed E-state index contributed by atoms with van der Waals surface area (Å²) in [7, 11) is 0. The molecule has 1 spiro atoms. The monoisotopic (exact) mass is 531 g/mol. The number of carbonyl (C=O) groups excluding carboxylic acids is 1. The minimum Gasteiger partial charge on any atom is -0.406 e. The normalized spacial score (nSPS) is 20.1. The van der Waals surface area contributed by atoms with Crippen LogP contribution in [0.4, 0.5) is 17.6 Å². The predicted octanol–water partition coefficient (Wildman–Crippen LogP) is 5.91. The highest BCUT2D eigenvalue weighted by Crippen LogP contribution is 2.47. The minimum atomic E-state index is -4.79. The summed E-state index contributed by atoms with van der Waals surface area (Å²) in [5, 5.41) is 0.913. The second-order valence-corrected chi connectivity index (χ2v) is 10.8. The largest absolute Gasteiger partial charge is 0.573 e. The molecule has 2 aromatic heterocycles. The molecule has 0 saturated carbocycles. The summed E-state index contributed by atoms with van der Waals surface area (Å²) < 4.78 is 62.2. The molecule has 1 aromatic carbocycles. The predicted molar refractivity (Wildman–Crippen MR) is 132 cm³/mol. The van der Waals surface area contributed by atoms with Crippen molar-refractivity contribution in [1.82, 2.24) is 14.9 Å². The van der Waals surface area contributed by atoms with Crippen molar-refractivity contribution in [2.75, 3.05) is 26.3 Å². The smallest absolute Gasteiger partial charge is 0.406 e. The molecular weight excluding hydrogens is 502 g/mol. The number of amides is 1. The molecule has 0 atom stereocenters. The summed E-state index contributed by atoms with van der Waals surface area (Å²) in [5.41, 5.74) is 4.25. The van der Waals surface area contributed by atoms with Gasteiger partial charge in [0.05, 0.1) is 6.20 Å². The van der Waals surface area contributed by atoms with Crippen LogP contribution >= 0.6 is 0 Å². The number of aromatic nitrogens is 2. The summed E-state index contributed by atoms with van der Waals surface area (Å²) in [4.78, 5) is 22.5. The van der Waals surface area contributed by atoms with E-state index in [0.717, 1.165) is 74.2 Å². The number of aromatic amines is 1. The maximum atomic E-state index is 15.4. The number of ether oxygens (including phenoxy) is 2. The maximum Gasteiger partial charge on any atom is 0.573 e. The molecule has 38 heavy (non-hydrogen) atoms. The zero-order chi connectivity index (χ0) is 26.5. The fourth-order valence-electron chi connectivity index (χ4n) is 6.52. The number of rotatable bonds is 3. The Morgan fingerprint density at radius 2 is 1.82 bits per heavy atom. The highest BCUT2D eigenvalue weighted by atomic mass is 19.4. The molecule has 2 fully saturated rings. The lowest BCUT2D eigenvalue weighted by molar-refractivity contribution is -0.274. The average molecular weight is 532 g/mol. The number of piperidine rings is 1. The highest BCUT2D eigenvalue weighted by Gasteiger charge is 2.39. The Kier molecular flexibility index (Phi) is 6.32. The van der Waals surface area contributed by atoms with Crippen molar-refractivity contribution in [3.05, 3.63) is 58.7 Å². The first-order chi connectivity index (χ1) is 18.2. The number of nitrogens with zero attached hydrogens (tertiary/aromatic N) is 2. The number of H-pyrrole nitrogens is 1. The molecule has 1 aliphatic carbocycles. The Bertz CT molecular complexity index is 1340. The van der Waals surface area contributed by atoms with Gasteiger partial charge in [0, 0.05) is 48.5 Å². The second kappa shape index (κ2) is 9.55. The summed E-state index contributed by atoms with van der Waals surface area (Å²) >= 11 is 0. The quantitative estimate of drug-likeness (QED) is 0.427. The van der Waals surface area contributed by atoms with Crippen molar-refractivity contribution in [1.29, 1.82) is 0 Å². The maximum absolute atomic E-state index is 15.4. The first-order valence-electron chi connectivity index (χ1n) is 13.1. The molecule has 2 aliphatic heterocycles. The second-order valence-electron chi connectivity index (χ2n) is 10.8. The van der Waals surface area contributed by atoms with E-state index in [0.29, 0.717) is 31.5 Å². The number of aryl methyl sites for hydroxylation is 1. The zero-order valence-corrected chi connectivity index (χ0v) is 20.9. The molecule has 1 N–H and O–H groups in total. The van der Waals surface area contributed by atoms with Crippen molar-refractivity contribution >= 4 is 16.9 Å². The number of hydrogen-bond acceptors (Lipinski definition) is 4. The van der Waals surface area contributed by atoms with Gasteiger partial charge in [-0.2, -0.15) is 0 Å². The molecule has 202 valence electrons. The third-order valence-electron chi connectivity index (χ3n) is 8.54. The van der Waals surface area contributed by atoms with Crippen LogP contribution in [-0.2, 0) is 17.6 Å². The van der Waals surface area contributed by atoms with Gasteiger partial charge in [-0.15, -0.1) is 13.2 Å². The number of halogens is 4. The number of pyridine rings is 1. The van der Waals surface area contributed by atoms with Gasteiger partial charge in [-0.25, -0.2) is 9.37 Å². The van der Waals surface area contributed by atoms with Crippen LogP contribution in [-0.4, -0.2) is 53.4 Å².